The summed E-state index contributed by atoms with van der Waals surface area (Å²) in [6.07, 6.45) is 5.69. The van der Waals surface area contributed by atoms with Crippen molar-refractivity contribution in [2.75, 3.05) is 13.7 Å². The van der Waals surface area contributed by atoms with Crippen LogP contribution in [0, 0.1) is 0 Å². The lowest BCUT2D eigenvalue weighted by Gasteiger charge is -2.36. The molecule has 26 heavy (non-hydrogen) atoms. The predicted octanol–water partition coefficient (Wildman–Crippen LogP) is 3.14. The summed E-state index contributed by atoms with van der Waals surface area (Å²) in [5, 5.41) is 13.3. The molecule has 1 aliphatic carbocycles. The van der Waals surface area contributed by atoms with Gasteiger partial charge in [-0.05, 0) is 42.7 Å². The van der Waals surface area contributed by atoms with Gasteiger partial charge in [-0.2, -0.15) is 0 Å². The quantitative estimate of drug-likeness (QED) is 0.836. The third-order valence-electron chi connectivity index (χ3n) is 5.27. The van der Waals surface area contributed by atoms with E-state index in [0.717, 1.165) is 43.4 Å². The molecule has 0 saturated heterocycles. The third kappa shape index (κ3) is 3.88. The summed E-state index contributed by atoms with van der Waals surface area (Å²) in [6, 6.07) is 13.2. The van der Waals surface area contributed by atoms with Gasteiger partial charge in [0.25, 0.3) is 0 Å². The van der Waals surface area contributed by atoms with Crippen LogP contribution < -0.4 is 10.1 Å². The Bertz CT molecular complexity index is 710. The molecular formula is C21H26N2O3. The molecule has 1 atom stereocenters. The second-order valence-corrected chi connectivity index (χ2v) is 6.85. The average molecular weight is 354 g/mol. The van der Waals surface area contributed by atoms with Gasteiger partial charge in [0.2, 0.25) is 5.91 Å². The lowest BCUT2D eigenvalue weighted by molar-refractivity contribution is -0.128. The van der Waals surface area contributed by atoms with E-state index in [0.29, 0.717) is 5.69 Å². The van der Waals surface area contributed by atoms with Gasteiger partial charge in [0.1, 0.15) is 11.9 Å². The van der Waals surface area contributed by atoms with E-state index in [1.54, 1.807) is 25.4 Å². The van der Waals surface area contributed by atoms with Gasteiger partial charge in [-0.1, -0.05) is 37.5 Å². The molecule has 138 valence electrons. The minimum absolute atomic E-state index is 0.0163. The fraction of sp³-hybridized carbons (Fsp3) is 0.429. The highest BCUT2D eigenvalue weighted by atomic mass is 16.5. The van der Waals surface area contributed by atoms with Crippen molar-refractivity contribution in [3.05, 3.63) is 59.9 Å². The average Bonchev–Trinajstić information content (AvgIpc) is 2.73. The van der Waals surface area contributed by atoms with Crippen molar-refractivity contribution in [1.82, 2.24) is 10.3 Å². The number of amides is 1. The normalized spacial score (nSPS) is 17.3. The van der Waals surface area contributed by atoms with Crippen LogP contribution in [-0.4, -0.2) is 29.7 Å². The molecule has 5 heteroatoms. The monoisotopic (exact) mass is 354 g/mol. The van der Waals surface area contributed by atoms with Crippen LogP contribution in [-0.2, 0) is 10.2 Å². The van der Waals surface area contributed by atoms with Gasteiger partial charge in [-0.15, -0.1) is 0 Å². The number of benzene rings is 1. The summed E-state index contributed by atoms with van der Waals surface area (Å²) < 4.78 is 5.24. The molecule has 0 aliphatic heterocycles. The van der Waals surface area contributed by atoms with Crippen molar-refractivity contribution in [1.29, 1.82) is 0 Å². The summed E-state index contributed by atoms with van der Waals surface area (Å²) in [7, 11) is 1.64. The Hall–Kier alpha value is -2.40. The predicted molar refractivity (Wildman–Crippen MR) is 100.0 cm³/mol. The fourth-order valence-electron chi connectivity index (χ4n) is 3.75. The number of nitrogens with zero attached hydrogens (tertiary/aromatic N) is 1. The summed E-state index contributed by atoms with van der Waals surface area (Å²) in [5.41, 5.74) is 1.05. The van der Waals surface area contributed by atoms with E-state index >= 15 is 0 Å². The first-order valence-corrected chi connectivity index (χ1v) is 9.17. The number of ether oxygens (including phenoxy) is 1. The molecule has 2 N–H and O–H groups in total. The van der Waals surface area contributed by atoms with Gasteiger partial charge >= 0.3 is 0 Å². The summed E-state index contributed by atoms with van der Waals surface area (Å²) in [6.45, 7) is 0.160. The zero-order valence-electron chi connectivity index (χ0n) is 15.1. The molecule has 1 unspecified atom stereocenters. The van der Waals surface area contributed by atoms with Gasteiger partial charge in [0, 0.05) is 12.7 Å². The standard InChI is InChI=1S/C21H26N2O3/c1-26-17-10-8-16(9-11-17)21(12-4-2-5-13-21)20(25)23-15-19(24)18-7-3-6-14-22-18/h3,6-11,14,19,24H,2,4-5,12-13,15H2,1H3,(H,23,25). The van der Waals surface area contributed by atoms with E-state index in [2.05, 4.69) is 10.3 Å². The number of hydrogen-bond donors (Lipinski definition) is 2. The zero-order chi connectivity index (χ0) is 18.4. The summed E-state index contributed by atoms with van der Waals surface area (Å²) in [4.78, 5) is 17.3. The minimum atomic E-state index is -0.809. The Labute approximate surface area is 154 Å². The van der Waals surface area contributed by atoms with Crippen LogP contribution in [0.2, 0.25) is 0 Å². The van der Waals surface area contributed by atoms with Gasteiger partial charge < -0.3 is 15.2 Å². The van der Waals surface area contributed by atoms with Crippen LogP contribution in [0.15, 0.2) is 48.7 Å². The summed E-state index contributed by atoms with van der Waals surface area (Å²) in [5.74, 6) is 0.767. The molecule has 3 rings (SSSR count). The number of nitrogens with one attached hydrogen (secondary N) is 1. The van der Waals surface area contributed by atoms with Crippen LogP contribution in [0.1, 0.15) is 49.5 Å². The van der Waals surface area contributed by atoms with Crippen LogP contribution >= 0.6 is 0 Å². The number of carbonyl (C=O) groups is 1. The Balaban J connectivity index is 1.75. The van der Waals surface area contributed by atoms with Gasteiger partial charge in [0.15, 0.2) is 0 Å². The highest BCUT2D eigenvalue weighted by Gasteiger charge is 2.41. The van der Waals surface area contributed by atoms with Gasteiger partial charge in [-0.25, -0.2) is 0 Å². The first kappa shape index (κ1) is 18.4. The molecule has 1 saturated carbocycles. The Morgan fingerprint density at radius 3 is 2.54 bits per heavy atom. The fourth-order valence-corrected chi connectivity index (χ4v) is 3.75. The van der Waals surface area contributed by atoms with E-state index in [4.69, 9.17) is 4.74 Å². The molecular weight excluding hydrogens is 328 g/mol. The van der Waals surface area contributed by atoms with Crippen LogP contribution in [0.25, 0.3) is 0 Å². The molecule has 1 aromatic heterocycles. The number of hydrogen-bond acceptors (Lipinski definition) is 4. The van der Waals surface area contributed by atoms with Crippen molar-refractivity contribution >= 4 is 5.91 Å². The zero-order valence-corrected chi connectivity index (χ0v) is 15.1. The number of rotatable bonds is 6. The first-order valence-electron chi connectivity index (χ1n) is 9.17. The molecule has 0 spiro atoms. The first-order chi connectivity index (χ1) is 12.7. The lowest BCUT2D eigenvalue weighted by Crippen LogP contribution is -2.46. The Morgan fingerprint density at radius 1 is 1.19 bits per heavy atom. The second-order valence-electron chi connectivity index (χ2n) is 6.85. The Kier molecular flexibility index (Phi) is 5.89. The molecule has 2 aromatic rings. The molecule has 1 amide bonds. The number of methoxy groups -OCH3 is 1. The van der Waals surface area contributed by atoms with E-state index in [1.807, 2.05) is 30.3 Å². The van der Waals surface area contributed by atoms with E-state index in [-0.39, 0.29) is 12.5 Å². The van der Waals surface area contributed by atoms with E-state index < -0.39 is 11.5 Å². The van der Waals surface area contributed by atoms with Crippen LogP contribution in [0.4, 0.5) is 0 Å². The summed E-state index contributed by atoms with van der Waals surface area (Å²) >= 11 is 0. The van der Waals surface area contributed by atoms with Crippen molar-refractivity contribution in [2.45, 2.75) is 43.6 Å². The highest BCUT2D eigenvalue weighted by molar-refractivity contribution is 5.88. The second kappa shape index (κ2) is 8.32. The number of pyridine rings is 1. The van der Waals surface area contributed by atoms with Crippen molar-refractivity contribution in [3.63, 3.8) is 0 Å². The number of aromatic nitrogens is 1. The molecule has 5 nitrogen and oxygen atoms in total. The van der Waals surface area contributed by atoms with Gasteiger partial charge in [-0.3, -0.25) is 9.78 Å². The van der Waals surface area contributed by atoms with Crippen molar-refractivity contribution in [3.8, 4) is 5.75 Å². The molecule has 1 aliphatic rings. The molecule has 0 bridgehead atoms. The number of aliphatic hydroxyl groups is 1. The maximum atomic E-state index is 13.1. The molecule has 0 radical (unpaired) electrons. The van der Waals surface area contributed by atoms with E-state index in [1.165, 1.54) is 0 Å². The largest absolute Gasteiger partial charge is 0.497 e. The van der Waals surface area contributed by atoms with Crippen LogP contribution in [0.5, 0.6) is 5.75 Å². The Morgan fingerprint density at radius 2 is 1.92 bits per heavy atom. The smallest absolute Gasteiger partial charge is 0.230 e. The molecule has 1 aromatic carbocycles. The maximum Gasteiger partial charge on any atom is 0.230 e. The van der Waals surface area contributed by atoms with Gasteiger partial charge in [0.05, 0.1) is 18.2 Å². The van der Waals surface area contributed by atoms with Crippen LogP contribution in [0.3, 0.4) is 0 Å². The van der Waals surface area contributed by atoms with Crippen molar-refractivity contribution < 1.29 is 14.6 Å². The maximum absolute atomic E-state index is 13.1. The third-order valence-corrected chi connectivity index (χ3v) is 5.27. The SMILES string of the molecule is COc1ccc(C2(C(=O)NCC(O)c3ccccn3)CCCCC2)cc1. The van der Waals surface area contributed by atoms with E-state index in [9.17, 15) is 9.90 Å². The molecule has 1 heterocycles. The number of aliphatic hydroxyl groups excluding tert-OH is 1. The highest BCUT2D eigenvalue weighted by Crippen LogP contribution is 2.40. The minimum Gasteiger partial charge on any atom is -0.497 e. The molecule has 1 fully saturated rings. The lowest BCUT2D eigenvalue weighted by atomic mass is 9.68. The topological polar surface area (TPSA) is 71.5 Å². The van der Waals surface area contributed by atoms with Crippen molar-refractivity contribution in [2.24, 2.45) is 0 Å². The number of carbonyl (C=O) groups excluding carboxylic acids is 1.